The molecule has 1 aliphatic heterocycles. The summed E-state index contributed by atoms with van der Waals surface area (Å²) in [6.45, 7) is 1.56. The number of likely N-dealkylation sites (tertiary alicyclic amines) is 1. The van der Waals surface area contributed by atoms with Gasteiger partial charge in [-0.05, 0) is 30.0 Å². The molecule has 5 nitrogen and oxygen atoms in total. The van der Waals surface area contributed by atoms with Crippen LogP contribution in [0.5, 0.6) is 0 Å². The van der Waals surface area contributed by atoms with E-state index in [1.165, 1.54) is 0 Å². The smallest absolute Gasteiger partial charge is 0.247 e. The molecular weight excluding hydrogens is 326 g/mol. The van der Waals surface area contributed by atoms with Crippen molar-refractivity contribution in [3.63, 3.8) is 0 Å². The van der Waals surface area contributed by atoms with Crippen molar-refractivity contribution in [1.82, 2.24) is 15.1 Å². The molecular formula is C21H21N3O2. The molecule has 0 radical (unpaired) electrons. The van der Waals surface area contributed by atoms with Crippen molar-refractivity contribution in [1.29, 1.82) is 0 Å². The number of hydrogen-bond donors (Lipinski definition) is 0. The maximum absolute atomic E-state index is 12.5. The van der Waals surface area contributed by atoms with Gasteiger partial charge in [-0.1, -0.05) is 48.5 Å². The van der Waals surface area contributed by atoms with Crippen LogP contribution in [-0.4, -0.2) is 34.1 Å². The molecule has 4 rings (SSSR count). The van der Waals surface area contributed by atoms with Gasteiger partial charge in [-0.25, -0.2) is 0 Å². The van der Waals surface area contributed by atoms with Gasteiger partial charge < -0.3 is 9.32 Å². The molecule has 1 amide bonds. The Morgan fingerprint density at radius 2 is 1.77 bits per heavy atom. The first-order chi connectivity index (χ1) is 12.8. The number of benzene rings is 2. The van der Waals surface area contributed by atoms with Crippen molar-refractivity contribution in [2.75, 3.05) is 13.1 Å². The van der Waals surface area contributed by atoms with Crippen molar-refractivity contribution in [3.05, 3.63) is 72.1 Å². The number of rotatable bonds is 5. The SMILES string of the molecule is O=C(Cc1ccccc1)N1CCC(Cc2nnc(-c3ccccc3)o2)C1. The summed E-state index contributed by atoms with van der Waals surface area (Å²) in [5.41, 5.74) is 1.99. The van der Waals surface area contributed by atoms with Gasteiger partial charge in [0.15, 0.2) is 0 Å². The van der Waals surface area contributed by atoms with Gasteiger partial charge in [0.1, 0.15) is 0 Å². The standard InChI is InChI=1S/C21H21N3O2/c25-20(14-16-7-3-1-4-8-16)24-12-11-17(15-24)13-19-22-23-21(26-19)18-9-5-2-6-10-18/h1-10,17H,11-15H2. The zero-order valence-electron chi connectivity index (χ0n) is 14.5. The third kappa shape index (κ3) is 3.82. The molecule has 1 fully saturated rings. The Hall–Kier alpha value is -2.95. The topological polar surface area (TPSA) is 59.2 Å². The fourth-order valence-electron chi connectivity index (χ4n) is 3.39. The van der Waals surface area contributed by atoms with Crippen LogP contribution < -0.4 is 0 Å². The maximum atomic E-state index is 12.5. The van der Waals surface area contributed by atoms with Crippen molar-refractivity contribution in [2.45, 2.75) is 19.3 Å². The zero-order valence-corrected chi connectivity index (χ0v) is 14.5. The molecule has 3 aromatic rings. The van der Waals surface area contributed by atoms with Gasteiger partial charge in [-0.3, -0.25) is 4.79 Å². The second-order valence-corrected chi connectivity index (χ2v) is 6.73. The largest absolute Gasteiger partial charge is 0.421 e. The van der Waals surface area contributed by atoms with Crippen molar-refractivity contribution in [2.24, 2.45) is 5.92 Å². The average Bonchev–Trinajstić information content (AvgIpc) is 3.33. The van der Waals surface area contributed by atoms with Crippen LogP contribution >= 0.6 is 0 Å². The van der Waals surface area contributed by atoms with Crippen LogP contribution in [0.3, 0.4) is 0 Å². The van der Waals surface area contributed by atoms with E-state index in [9.17, 15) is 4.79 Å². The quantitative estimate of drug-likeness (QED) is 0.710. The fourth-order valence-corrected chi connectivity index (χ4v) is 3.39. The molecule has 132 valence electrons. The first kappa shape index (κ1) is 16.5. The Morgan fingerprint density at radius 1 is 1.04 bits per heavy atom. The molecule has 1 unspecified atom stereocenters. The monoisotopic (exact) mass is 347 g/mol. The third-order valence-electron chi connectivity index (χ3n) is 4.79. The number of carbonyl (C=O) groups excluding carboxylic acids is 1. The van der Waals surface area contributed by atoms with E-state index in [2.05, 4.69) is 10.2 Å². The summed E-state index contributed by atoms with van der Waals surface area (Å²) in [5, 5.41) is 8.31. The van der Waals surface area contributed by atoms with Crippen LogP contribution in [0.1, 0.15) is 17.9 Å². The highest BCUT2D eigenvalue weighted by atomic mass is 16.4. The highest BCUT2D eigenvalue weighted by Gasteiger charge is 2.27. The molecule has 2 aromatic carbocycles. The minimum atomic E-state index is 0.189. The molecule has 1 aromatic heterocycles. The highest BCUT2D eigenvalue weighted by molar-refractivity contribution is 5.79. The van der Waals surface area contributed by atoms with Gasteiger partial charge in [-0.2, -0.15) is 0 Å². The normalized spacial score (nSPS) is 16.8. The number of aromatic nitrogens is 2. The number of carbonyl (C=O) groups is 1. The molecule has 1 saturated heterocycles. The Labute approximate surface area is 152 Å². The van der Waals surface area contributed by atoms with Crippen molar-refractivity contribution < 1.29 is 9.21 Å². The summed E-state index contributed by atoms with van der Waals surface area (Å²) < 4.78 is 5.80. The van der Waals surface area contributed by atoms with Gasteiger partial charge in [0.05, 0.1) is 6.42 Å². The molecule has 2 heterocycles. The van der Waals surface area contributed by atoms with Gasteiger partial charge in [0.2, 0.25) is 17.7 Å². The number of hydrogen-bond acceptors (Lipinski definition) is 4. The predicted octanol–water partition coefficient (Wildman–Crippen LogP) is 3.37. The Balaban J connectivity index is 1.33. The van der Waals surface area contributed by atoms with E-state index >= 15 is 0 Å². The first-order valence-corrected chi connectivity index (χ1v) is 8.97. The lowest BCUT2D eigenvalue weighted by Crippen LogP contribution is -2.30. The van der Waals surface area contributed by atoms with Crippen LogP contribution in [-0.2, 0) is 17.6 Å². The second kappa shape index (κ2) is 7.52. The first-order valence-electron chi connectivity index (χ1n) is 8.97. The van der Waals surface area contributed by atoms with E-state index in [1.807, 2.05) is 65.6 Å². The van der Waals surface area contributed by atoms with Gasteiger partial charge in [0, 0.05) is 25.1 Å². The van der Waals surface area contributed by atoms with Crippen LogP contribution in [0, 0.1) is 5.92 Å². The lowest BCUT2D eigenvalue weighted by Gasteiger charge is -2.16. The van der Waals surface area contributed by atoms with E-state index in [1.54, 1.807) is 0 Å². The van der Waals surface area contributed by atoms with Crippen molar-refractivity contribution in [3.8, 4) is 11.5 Å². The molecule has 1 aliphatic rings. The minimum absolute atomic E-state index is 0.189. The minimum Gasteiger partial charge on any atom is -0.421 e. The third-order valence-corrected chi connectivity index (χ3v) is 4.79. The van der Waals surface area contributed by atoms with E-state index in [0.717, 1.165) is 37.1 Å². The van der Waals surface area contributed by atoms with Gasteiger partial charge >= 0.3 is 0 Å². The summed E-state index contributed by atoms with van der Waals surface area (Å²) in [6, 6.07) is 19.7. The molecule has 0 bridgehead atoms. The molecule has 5 heteroatoms. The molecule has 0 N–H and O–H groups in total. The van der Waals surface area contributed by atoms with Crippen LogP contribution in [0.15, 0.2) is 65.1 Å². The van der Waals surface area contributed by atoms with Crippen LogP contribution in [0.2, 0.25) is 0 Å². The lowest BCUT2D eigenvalue weighted by atomic mass is 10.1. The van der Waals surface area contributed by atoms with E-state index in [0.29, 0.717) is 24.1 Å². The van der Waals surface area contributed by atoms with Crippen LogP contribution in [0.4, 0.5) is 0 Å². The molecule has 0 spiro atoms. The molecule has 1 atom stereocenters. The van der Waals surface area contributed by atoms with Crippen molar-refractivity contribution >= 4 is 5.91 Å². The number of nitrogens with zero attached hydrogens (tertiary/aromatic N) is 3. The Kier molecular flexibility index (Phi) is 4.78. The van der Waals surface area contributed by atoms with Crippen LogP contribution in [0.25, 0.3) is 11.5 Å². The summed E-state index contributed by atoms with van der Waals surface area (Å²) in [5.74, 6) is 1.76. The molecule has 0 aliphatic carbocycles. The number of amides is 1. The fraction of sp³-hybridized carbons (Fsp3) is 0.286. The molecule has 0 saturated carbocycles. The average molecular weight is 347 g/mol. The Bertz CT molecular complexity index is 861. The second-order valence-electron chi connectivity index (χ2n) is 6.73. The van der Waals surface area contributed by atoms with Gasteiger partial charge in [0.25, 0.3) is 0 Å². The highest BCUT2D eigenvalue weighted by Crippen LogP contribution is 2.23. The molecule has 26 heavy (non-hydrogen) atoms. The van der Waals surface area contributed by atoms with E-state index in [-0.39, 0.29) is 5.91 Å². The summed E-state index contributed by atoms with van der Waals surface area (Å²) in [4.78, 5) is 14.4. The zero-order chi connectivity index (χ0) is 17.8. The summed E-state index contributed by atoms with van der Waals surface area (Å²) in [7, 11) is 0. The van der Waals surface area contributed by atoms with E-state index in [4.69, 9.17) is 4.42 Å². The predicted molar refractivity (Wildman–Crippen MR) is 98.3 cm³/mol. The Morgan fingerprint density at radius 3 is 2.54 bits per heavy atom. The maximum Gasteiger partial charge on any atom is 0.247 e. The van der Waals surface area contributed by atoms with Gasteiger partial charge in [-0.15, -0.1) is 10.2 Å². The summed E-state index contributed by atoms with van der Waals surface area (Å²) in [6.07, 6.45) is 2.16. The van der Waals surface area contributed by atoms with E-state index < -0.39 is 0 Å². The summed E-state index contributed by atoms with van der Waals surface area (Å²) >= 11 is 0. The lowest BCUT2D eigenvalue weighted by molar-refractivity contribution is -0.129.